The van der Waals surface area contributed by atoms with Crippen LogP contribution in [0.25, 0.3) is 0 Å². The largest absolute Gasteiger partial charge is 0.354 e. The Morgan fingerprint density at radius 1 is 1.22 bits per heavy atom. The number of carbonyl (C=O) groups is 2. The van der Waals surface area contributed by atoms with Crippen molar-refractivity contribution in [2.75, 3.05) is 12.3 Å². The molecule has 0 aromatic heterocycles. The minimum Gasteiger partial charge on any atom is -0.354 e. The fourth-order valence-electron chi connectivity index (χ4n) is 3.94. The maximum Gasteiger partial charge on any atom is 0.256 e. The summed E-state index contributed by atoms with van der Waals surface area (Å²) in [6.45, 7) is 2.64. The number of halogens is 2. The molecule has 148 valence electrons. The van der Waals surface area contributed by atoms with Crippen molar-refractivity contribution in [2.24, 2.45) is 5.92 Å². The van der Waals surface area contributed by atoms with Crippen molar-refractivity contribution in [1.82, 2.24) is 10.2 Å². The van der Waals surface area contributed by atoms with Crippen molar-refractivity contribution in [1.29, 1.82) is 0 Å². The summed E-state index contributed by atoms with van der Waals surface area (Å²) >= 11 is 14.0. The van der Waals surface area contributed by atoms with Gasteiger partial charge in [-0.25, -0.2) is 0 Å². The number of nitrogens with one attached hydrogen (secondary N) is 1. The van der Waals surface area contributed by atoms with Gasteiger partial charge < -0.3 is 10.2 Å². The van der Waals surface area contributed by atoms with E-state index in [9.17, 15) is 9.59 Å². The monoisotopic (exact) mass is 428 g/mol. The van der Waals surface area contributed by atoms with Gasteiger partial charge in [-0.3, -0.25) is 9.59 Å². The molecule has 3 rings (SSSR count). The van der Waals surface area contributed by atoms with Crippen LogP contribution in [0.5, 0.6) is 0 Å². The third kappa shape index (κ3) is 4.75. The van der Waals surface area contributed by atoms with Gasteiger partial charge in [0.25, 0.3) is 5.91 Å². The zero-order valence-electron chi connectivity index (χ0n) is 15.5. The summed E-state index contributed by atoms with van der Waals surface area (Å²) in [6.07, 6.45) is 6.73. The third-order valence-corrected chi connectivity index (χ3v) is 7.35. The van der Waals surface area contributed by atoms with E-state index in [4.69, 9.17) is 23.2 Å². The summed E-state index contributed by atoms with van der Waals surface area (Å²) in [5.74, 6) is 0.825. The van der Waals surface area contributed by atoms with Crippen molar-refractivity contribution >= 4 is 46.8 Å². The average Bonchev–Trinajstić information content (AvgIpc) is 3.11. The number of hydrogen-bond donors (Lipinski definition) is 1. The van der Waals surface area contributed by atoms with Crippen molar-refractivity contribution in [3.8, 4) is 0 Å². The van der Waals surface area contributed by atoms with E-state index in [2.05, 4.69) is 5.32 Å². The van der Waals surface area contributed by atoms with Gasteiger partial charge >= 0.3 is 0 Å². The van der Waals surface area contributed by atoms with E-state index in [-0.39, 0.29) is 17.2 Å². The molecule has 1 heterocycles. The van der Waals surface area contributed by atoms with Gasteiger partial charge in [0, 0.05) is 17.3 Å². The Bertz CT molecular complexity index is 695. The molecule has 2 amide bonds. The fraction of sp³-hybridized carbons (Fsp3) is 0.600. The second kappa shape index (κ2) is 9.53. The summed E-state index contributed by atoms with van der Waals surface area (Å²) in [5.41, 5.74) is 0.415. The van der Waals surface area contributed by atoms with Crippen LogP contribution < -0.4 is 5.32 Å². The number of nitrogens with zero attached hydrogens (tertiary/aromatic N) is 1. The van der Waals surface area contributed by atoms with Gasteiger partial charge in [-0.2, -0.15) is 0 Å². The maximum atomic E-state index is 13.4. The van der Waals surface area contributed by atoms with Crippen LogP contribution in [-0.4, -0.2) is 40.4 Å². The lowest BCUT2D eigenvalue weighted by Gasteiger charge is -2.35. The first-order valence-corrected chi connectivity index (χ1v) is 11.5. The van der Waals surface area contributed by atoms with Gasteiger partial charge in [0.2, 0.25) is 5.91 Å². The molecular formula is C20H26Cl2N2O2S. The van der Waals surface area contributed by atoms with Crippen molar-refractivity contribution in [2.45, 2.75) is 56.9 Å². The van der Waals surface area contributed by atoms with Crippen LogP contribution in [-0.2, 0) is 4.79 Å². The van der Waals surface area contributed by atoms with Gasteiger partial charge in [-0.05, 0) is 43.4 Å². The topological polar surface area (TPSA) is 49.4 Å². The van der Waals surface area contributed by atoms with E-state index in [1.165, 1.54) is 19.3 Å². The molecule has 27 heavy (non-hydrogen) atoms. The van der Waals surface area contributed by atoms with Crippen molar-refractivity contribution in [3.63, 3.8) is 0 Å². The number of amides is 2. The highest BCUT2D eigenvalue weighted by atomic mass is 35.5. The quantitative estimate of drug-likeness (QED) is 0.718. The third-order valence-electron chi connectivity index (χ3n) is 5.34. The Morgan fingerprint density at radius 2 is 1.96 bits per heavy atom. The highest BCUT2D eigenvalue weighted by Crippen LogP contribution is 2.41. The van der Waals surface area contributed by atoms with E-state index in [1.807, 2.05) is 6.92 Å². The zero-order chi connectivity index (χ0) is 19.4. The Hall–Kier alpha value is -0.910. The number of thioether (sulfide) groups is 1. The summed E-state index contributed by atoms with van der Waals surface area (Å²) in [5, 5.41) is 3.81. The molecule has 1 saturated heterocycles. The highest BCUT2D eigenvalue weighted by Gasteiger charge is 2.45. The van der Waals surface area contributed by atoms with Crippen molar-refractivity contribution in [3.05, 3.63) is 33.8 Å². The van der Waals surface area contributed by atoms with Crippen LogP contribution in [0, 0.1) is 5.92 Å². The van der Waals surface area contributed by atoms with E-state index < -0.39 is 6.04 Å². The molecule has 7 heteroatoms. The minimum atomic E-state index is -0.451. The number of benzene rings is 1. The highest BCUT2D eigenvalue weighted by molar-refractivity contribution is 8.00. The predicted octanol–water partition coefficient (Wildman–Crippen LogP) is 4.98. The van der Waals surface area contributed by atoms with Gasteiger partial charge in [-0.1, -0.05) is 49.4 Å². The SMILES string of the molecule is CCCNC(=O)C1CSC(C2CCCCC2)N1C(=O)c1ccc(Cl)cc1Cl. The van der Waals surface area contributed by atoms with E-state index in [0.29, 0.717) is 33.8 Å². The molecule has 0 bridgehead atoms. The molecule has 4 nitrogen and oxygen atoms in total. The number of carbonyl (C=O) groups excluding carboxylic acids is 2. The summed E-state index contributed by atoms with van der Waals surface area (Å²) in [6, 6.07) is 4.47. The molecule has 2 unspecified atom stereocenters. The molecular weight excluding hydrogens is 403 g/mol. The molecule has 0 spiro atoms. The second-order valence-corrected chi connectivity index (χ2v) is 9.26. The standard InChI is InChI=1S/C20H26Cl2N2O2S/c1-2-10-23-18(25)17-12-27-20(13-6-4-3-5-7-13)24(17)19(26)15-9-8-14(21)11-16(15)22/h8-9,11,13,17,20H,2-7,10,12H2,1H3,(H,23,25). The van der Waals surface area contributed by atoms with Gasteiger partial charge in [0.1, 0.15) is 6.04 Å². The lowest BCUT2D eigenvalue weighted by atomic mass is 9.88. The zero-order valence-corrected chi connectivity index (χ0v) is 17.9. The van der Waals surface area contributed by atoms with Crippen LogP contribution in [0.4, 0.5) is 0 Å². The van der Waals surface area contributed by atoms with Crippen LogP contribution in [0.2, 0.25) is 10.0 Å². The maximum absolute atomic E-state index is 13.4. The molecule has 1 aliphatic carbocycles. The average molecular weight is 429 g/mol. The van der Waals surface area contributed by atoms with E-state index in [1.54, 1.807) is 34.9 Å². The molecule has 0 radical (unpaired) electrons. The van der Waals surface area contributed by atoms with Crippen LogP contribution >= 0.6 is 35.0 Å². The normalized spacial score (nSPS) is 23.4. The van der Waals surface area contributed by atoms with Crippen LogP contribution in [0.1, 0.15) is 55.8 Å². The van der Waals surface area contributed by atoms with Crippen LogP contribution in [0.15, 0.2) is 18.2 Å². The lowest BCUT2D eigenvalue weighted by Crippen LogP contribution is -2.51. The number of rotatable bonds is 5. The molecule has 1 N–H and O–H groups in total. The minimum absolute atomic E-state index is 0.0296. The predicted molar refractivity (Wildman–Crippen MR) is 113 cm³/mol. The number of hydrogen-bond acceptors (Lipinski definition) is 3. The molecule has 2 aliphatic rings. The first kappa shape index (κ1) is 20.8. The van der Waals surface area contributed by atoms with Crippen molar-refractivity contribution < 1.29 is 9.59 Å². The Kier molecular flexibility index (Phi) is 7.35. The Labute approximate surface area is 175 Å². The second-order valence-electron chi connectivity index (χ2n) is 7.27. The first-order chi connectivity index (χ1) is 13.0. The first-order valence-electron chi connectivity index (χ1n) is 9.70. The van der Waals surface area contributed by atoms with E-state index >= 15 is 0 Å². The molecule has 1 saturated carbocycles. The molecule has 1 aromatic carbocycles. The van der Waals surface area contributed by atoms with Gasteiger partial charge in [0.15, 0.2) is 0 Å². The summed E-state index contributed by atoms with van der Waals surface area (Å²) in [7, 11) is 0. The molecule has 2 atom stereocenters. The molecule has 2 fully saturated rings. The Balaban J connectivity index is 1.88. The fourth-order valence-corrected chi connectivity index (χ4v) is 6.07. The molecule has 1 aliphatic heterocycles. The Morgan fingerprint density at radius 3 is 2.63 bits per heavy atom. The summed E-state index contributed by atoms with van der Waals surface area (Å²) < 4.78 is 0. The summed E-state index contributed by atoms with van der Waals surface area (Å²) in [4.78, 5) is 28.0. The van der Waals surface area contributed by atoms with Gasteiger partial charge in [0.05, 0.1) is 16.0 Å². The van der Waals surface area contributed by atoms with Crippen LogP contribution in [0.3, 0.4) is 0 Å². The molecule has 1 aromatic rings. The van der Waals surface area contributed by atoms with Gasteiger partial charge in [-0.15, -0.1) is 11.8 Å². The smallest absolute Gasteiger partial charge is 0.256 e. The lowest BCUT2D eigenvalue weighted by molar-refractivity contribution is -0.125. The van der Waals surface area contributed by atoms with E-state index in [0.717, 1.165) is 19.3 Å².